The highest BCUT2D eigenvalue weighted by atomic mass is 35.5. The van der Waals surface area contributed by atoms with Crippen LogP contribution in [0.2, 0.25) is 0 Å². The number of amides is 1. The van der Waals surface area contributed by atoms with E-state index in [1.165, 1.54) is 0 Å². The van der Waals surface area contributed by atoms with Crippen LogP contribution in [-0.2, 0) is 14.8 Å². The first-order valence-corrected chi connectivity index (χ1v) is 7.38. The Labute approximate surface area is 102 Å². The van der Waals surface area contributed by atoms with E-state index in [9.17, 15) is 13.2 Å². The predicted octanol–water partition coefficient (Wildman–Crippen LogP) is 0.449. The van der Waals surface area contributed by atoms with Crippen molar-refractivity contribution in [2.75, 3.05) is 18.2 Å². The second-order valence-corrected chi connectivity index (χ2v) is 6.03. The van der Waals surface area contributed by atoms with Gasteiger partial charge >= 0.3 is 0 Å². The average Bonchev–Trinajstić information content (AvgIpc) is 2.13. The second-order valence-electron chi connectivity index (χ2n) is 3.73. The summed E-state index contributed by atoms with van der Waals surface area (Å²) in [6, 6.07) is 0.0698. The van der Waals surface area contributed by atoms with Crippen molar-refractivity contribution in [2.45, 2.75) is 32.7 Å². The van der Waals surface area contributed by atoms with Gasteiger partial charge in [-0.05, 0) is 20.3 Å². The van der Waals surface area contributed by atoms with Crippen LogP contribution in [0.15, 0.2) is 0 Å². The molecule has 0 bridgehead atoms. The van der Waals surface area contributed by atoms with Gasteiger partial charge in [0.25, 0.3) is 0 Å². The first-order valence-electron chi connectivity index (χ1n) is 5.20. The summed E-state index contributed by atoms with van der Waals surface area (Å²) >= 11 is 5.39. The molecule has 0 heterocycles. The Kier molecular flexibility index (Phi) is 7.70. The minimum Gasteiger partial charge on any atom is -0.354 e. The molecule has 0 fully saturated rings. The summed E-state index contributed by atoms with van der Waals surface area (Å²) in [4.78, 5) is 11.2. The van der Waals surface area contributed by atoms with Gasteiger partial charge in [-0.1, -0.05) is 0 Å². The number of nitrogens with one attached hydrogen (secondary N) is 2. The summed E-state index contributed by atoms with van der Waals surface area (Å²) in [5.41, 5.74) is 0. The topological polar surface area (TPSA) is 75.3 Å². The standard InChI is InChI=1S/C9H19ClN2O3S/c1-8(2)12-9(13)4-6-11-16(14,15)7-3-5-10/h8,11H,3-7H2,1-2H3,(H,12,13). The van der Waals surface area contributed by atoms with Gasteiger partial charge in [-0.25, -0.2) is 13.1 Å². The van der Waals surface area contributed by atoms with E-state index in [4.69, 9.17) is 11.6 Å². The van der Waals surface area contributed by atoms with Gasteiger partial charge in [-0.2, -0.15) is 0 Å². The van der Waals surface area contributed by atoms with Crippen LogP contribution in [0, 0.1) is 0 Å². The van der Waals surface area contributed by atoms with E-state index in [1.54, 1.807) is 0 Å². The molecule has 0 unspecified atom stereocenters. The lowest BCUT2D eigenvalue weighted by atomic mass is 10.3. The highest BCUT2D eigenvalue weighted by molar-refractivity contribution is 7.89. The summed E-state index contributed by atoms with van der Waals surface area (Å²) in [5.74, 6) is 0.159. The normalized spacial score (nSPS) is 11.8. The van der Waals surface area contributed by atoms with Crippen molar-refractivity contribution in [1.29, 1.82) is 0 Å². The lowest BCUT2D eigenvalue weighted by Crippen LogP contribution is -2.34. The number of hydrogen-bond donors (Lipinski definition) is 2. The zero-order chi connectivity index (χ0) is 12.6. The Morgan fingerprint density at radius 2 is 2.00 bits per heavy atom. The third-order valence-corrected chi connectivity index (χ3v) is 3.41. The first-order chi connectivity index (χ1) is 7.37. The zero-order valence-electron chi connectivity index (χ0n) is 9.62. The molecule has 0 aliphatic rings. The van der Waals surface area contributed by atoms with Crippen molar-refractivity contribution in [3.05, 3.63) is 0 Å². The highest BCUT2D eigenvalue weighted by Gasteiger charge is 2.10. The molecule has 0 saturated heterocycles. The van der Waals surface area contributed by atoms with Gasteiger partial charge in [0.05, 0.1) is 5.75 Å². The molecule has 0 spiro atoms. The number of carbonyl (C=O) groups excluding carboxylic acids is 1. The molecule has 96 valence electrons. The lowest BCUT2D eigenvalue weighted by Gasteiger charge is -2.09. The lowest BCUT2D eigenvalue weighted by molar-refractivity contribution is -0.121. The number of sulfonamides is 1. The maximum absolute atomic E-state index is 11.3. The maximum atomic E-state index is 11.3. The van der Waals surface area contributed by atoms with Gasteiger partial charge in [0.2, 0.25) is 15.9 Å². The number of hydrogen-bond acceptors (Lipinski definition) is 3. The minimum absolute atomic E-state index is 0.00228. The van der Waals surface area contributed by atoms with Gasteiger partial charge in [-0.3, -0.25) is 4.79 Å². The Morgan fingerprint density at radius 1 is 1.38 bits per heavy atom. The second kappa shape index (κ2) is 7.86. The molecule has 0 aromatic heterocycles. The van der Waals surface area contributed by atoms with Crippen molar-refractivity contribution in [1.82, 2.24) is 10.0 Å². The molecule has 0 aromatic carbocycles. The molecule has 2 N–H and O–H groups in total. The Bertz CT molecular complexity index is 304. The minimum atomic E-state index is -3.28. The van der Waals surface area contributed by atoms with Crippen LogP contribution >= 0.6 is 11.6 Å². The van der Waals surface area contributed by atoms with Gasteiger partial charge in [-0.15, -0.1) is 11.6 Å². The van der Waals surface area contributed by atoms with Crippen LogP contribution in [0.4, 0.5) is 0 Å². The molecule has 0 radical (unpaired) electrons. The zero-order valence-corrected chi connectivity index (χ0v) is 11.2. The molecule has 0 rings (SSSR count). The van der Waals surface area contributed by atoms with E-state index in [2.05, 4.69) is 10.0 Å². The molecule has 16 heavy (non-hydrogen) atoms. The van der Waals surface area contributed by atoms with Gasteiger partial charge in [0.15, 0.2) is 0 Å². The fraction of sp³-hybridized carbons (Fsp3) is 0.889. The summed E-state index contributed by atoms with van der Waals surface area (Å²) in [5, 5.41) is 2.68. The maximum Gasteiger partial charge on any atom is 0.221 e. The monoisotopic (exact) mass is 270 g/mol. The third-order valence-electron chi connectivity index (χ3n) is 1.67. The SMILES string of the molecule is CC(C)NC(=O)CCNS(=O)(=O)CCCCl. The van der Waals surface area contributed by atoms with E-state index in [-0.39, 0.29) is 30.7 Å². The molecule has 0 saturated carbocycles. The number of rotatable bonds is 8. The predicted molar refractivity (Wildman–Crippen MR) is 65.0 cm³/mol. The van der Waals surface area contributed by atoms with E-state index >= 15 is 0 Å². The van der Waals surface area contributed by atoms with Crippen LogP contribution in [0.25, 0.3) is 0 Å². The fourth-order valence-electron chi connectivity index (χ4n) is 1.03. The van der Waals surface area contributed by atoms with Crippen LogP contribution < -0.4 is 10.0 Å². The Hall–Kier alpha value is -0.330. The molecule has 0 aromatic rings. The molecule has 5 nitrogen and oxygen atoms in total. The molecule has 0 atom stereocenters. The van der Waals surface area contributed by atoms with E-state index in [0.29, 0.717) is 12.3 Å². The largest absolute Gasteiger partial charge is 0.354 e. The Balaban J connectivity index is 3.76. The van der Waals surface area contributed by atoms with E-state index in [0.717, 1.165) is 0 Å². The molecule has 1 amide bonds. The summed E-state index contributed by atoms with van der Waals surface area (Å²) in [7, 11) is -3.28. The van der Waals surface area contributed by atoms with Crippen molar-refractivity contribution < 1.29 is 13.2 Å². The number of carbonyl (C=O) groups is 1. The van der Waals surface area contributed by atoms with Crippen molar-refractivity contribution in [3.63, 3.8) is 0 Å². The van der Waals surface area contributed by atoms with E-state index in [1.807, 2.05) is 13.8 Å². The quantitative estimate of drug-likeness (QED) is 0.629. The fourth-order valence-corrected chi connectivity index (χ4v) is 2.40. The molecular weight excluding hydrogens is 252 g/mol. The van der Waals surface area contributed by atoms with Crippen molar-refractivity contribution in [3.8, 4) is 0 Å². The van der Waals surface area contributed by atoms with Gasteiger partial charge < -0.3 is 5.32 Å². The van der Waals surface area contributed by atoms with Crippen LogP contribution in [0.1, 0.15) is 26.7 Å². The smallest absolute Gasteiger partial charge is 0.221 e. The van der Waals surface area contributed by atoms with Crippen molar-refractivity contribution >= 4 is 27.5 Å². The molecular formula is C9H19ClN2O3S. The van der Waals surface area contributed by atoms with Crippen LogP contribution in [0.3, 0.4) is 0 Å². The first kappa shape index (κ1) is 15.7. The Morgan fingerprint density at radius 3 is 2.50 bits per heavy atom. The van der Waals surface area contributed by atoms with Crippen LogP contribution in [0.5, 0.6) is 0 Å². The number of halogens is 1. The van der Waals surface area contributed by atoms with Crippen molar-refractivity contribution in [2.24, 2.45) is 0 Å². The molecule has 7 heteroatoms. The summed E-state index contributed by atoms with van der Waals surface area (Å²) in [6.45, 7) is 3.83. The molecule has 0 aliphatic heterocycles. The summed E-state index contributed by atoms with van der Waals surface area (Å²) in [6.07, 6.45) is 0.563. The van der Waals surface area contributed by atoms with Gasteiger partial charge in [0.1, 0.15) is 0 Å². The third kappa shape index (κ3) is 8.94. The summed E-state index contributed by atoms with van der Waals surface area (Å²) < 4.78 is 24.9. The highest BCUT2D eigenvalue weighted by Crippen LogP contribution is 1.92. The van der Waals surface area contributed by atoms with Gasteiger partial charge in [0, 0.05) is 24.9 Å². The number of alkyl halides is 1. The van der Waals surface area contributed by atoms with E-state index < -0.39 is 10.0 Å². The average molecular weight is 271 g/mol. The molecule has 0 aliphatic carbocycles. The van der Waals surface area contributed by atoms with Crippen LogP contribution in [-0.4, -0.2) is 38.5 Å².